The molecule has 0 spiro atoms. The number of benzene rings is 3. The zero-order chi connectivity index (χ0) is 26.7. The minimum atomic E-state index is -1.03. The highest BCUT2D eigenvalue weighted by atomic mass is 79.9. The molecule has 37 heavy (non-hydrogen) atoms. The van der Waals surface area contributed by atoms with Crippen molar-refractivity contribution in [3.8, 4) is 11.8 Å². The fourth-order valence-corrected chi connectivity index (χ4v) is 6.02. The molecule has 4 rings (SSSR count). The van der Waals surface area contributed by atoms with Crippen molar-refractivity contribution in [3.05, 3.63) is 96.3 Å². The fourth-order valence-electron chi connectivity index (χ4n) is 3.59. The summed E-state index contributed by atoms with van der Waals surface area (Å²) in [6.07, 6.45) is 1.76. The summed E-state index contributed by atoms with van der Waals surface area (Å²) in [5.41, 5.74) is 3.29. The van der Waals surface area contributed by atoms with E-state index in [1.54, 1.807) is 44.3 Å². The number of aliphatic imine (C=N–C) groups is 1. The number of hydrogen-bond acceptors (Lipinski definition) is 6. The SMILES string of the molecule is Cc1c(N=C2S/C(=C\c3cc(Br)c(OCc4ccccc4C#N)c(Br)c3)C(=O)N2C)cccc1C(=O)O. The number of ether oxygens (including phenoxy) is 1. The number of hydrogen-bond donors (Lipinski definition) is 1. The maximum absolute atomic E-state index is 12.9. The van der Waals surface area contributed by atoms with Gasteiger partial charge in [0.05, 0.1) is 36.7 Å². The average molecular weight is 641 g/mol. The Kier molecular flexibility index (Phi) is 8.17. The zero-order valence-corrected chi connectivity index (χ0v) is 23.6. The van der Waals surface area contributed by atoms with Gasteiger partial charge in [-0.1, -0.05) is 24.3 Å². The van der Waals surface area contributed by atoms with E-state index in [-0.39, 0.29) is 18.1 Å². The van der Waals surface area contributed by atoms with Crippen LogP contribution < -0.4 is 4.74 Å². The van der Waals surface area contributed by atoms with E-state index in [2.05, 4.69) is 42.9 Å². The summed E-state index contributed by atoms with van der Waals surface area (Å²) in [4.78, 5) is 30.8. The molecule has 3 aromatic rings. The van der Waals surface area contributed by atoms with E-state index in [0.717, 1.165) is 11.1 Å². The summed E-state index contributed by atoms with van der Waals surface area (Å²) in [6.45, 7) is 1.92. The Bertz CT molecular complexity index is 1510. The highest BCUT2D eigenvalue weighted by molar-refractivity contribution is 9.11. The number of thioether (sulfide) groups is 1. The van der Waals surface area contributed by atoms with Crippen LogP contribution in [0, 0.1) is 18.3 Å². The van der Waals surface area contributed by atoms with E-state index < -0.39 is 5.97 Å². The number of amides is 1. The predicted octanol–water partition coefficient (Wildman–Crippen LogP) is 6.90. The largest absolute Gasteiger partial charge is 0.486 e. The van der Waals surface area contributed by atoms with Gasteiger partial charge in [0.2, 0.25) is 0 Å². The van der Waals surface area contributed by atoms with Gasteiger partial charge in [-0.25, -0.2) is 9.79 Å². The monoisotopic (exact) mass is 639 g/mol. The van der Waals surface area contributed by atoms with Crippen LogP contribution in [0.5, 0.6) is 5.75 Å². The molecule has 0 aliphatic carbocycles. The number of carboxylic acids is 1. The Hall–Kier alpha value is -3.39. The summed E-state index contributed by atoms with van der Waals surface area (Å²) in [5, 5.41) is 19.1. The first-order valence-electron chi connectivity index (χ1n) is 10.9. The van der Waals surface area contributed by atoms with Crippen LogP contribution in [0.15, 0.2) is 73.4 Å². The molecule has 0 aromatic heterocycles. The second kappa shape index (κ2) is 11.3. The molecule has 1 aliphatic rings. The Labute approximate surface area is 234 Å². The molecule has 1 fully saturated rings. The van der Waals surface area contributed by atoms with Crippen LogP contribution in [-0.2, 0) is 11.4 Å². The summed E-state index contributed by atoms with van der Waals surface area (Å²) < 4.78 is 7.34. The van der Waals surface area contributed by atoms with Crippen molar-refractivity contribution >= 4 is 72.4 Å². The Morgan fingerprint density at radius 2 is 1.89 bits per heavy atom. The summed E-state index contributed by atoms with van der Waals surface area (Å²) in [5.74, 6) is -0.661. The highest BCUT2D eigenvalue weighted by Gasteiger charge is 2.30. The third kappa shape index (κ3) is 5.80. The van der Waals surface area contributed by atoms with E-state index in [4.69, 9.17) is 4.74 Å². The molecular formula is C27H19Br2N3O4S. The van der Waals surface area contributed by atoms with E-state index in [1.807, 2.05) is 24.3 Å². The number of carbonyl (C=O) groups is 2. The zero-order valence-electron chi connectivity index (χ0n) is 19.7. The minimum Gasteiger partial charge on any atom is -0.486 e. The number of nitriles is 1. The smallest absolute Gasteiger partial charge is 0.336 e. The lowest BCUT2D eigenvalue weighted by Crippen LogP contribution is -2.23. The van der Waals surface area contributed by atoms with E-state index in [1.165, 1.54) is 22.7 Å². The molecule has 186 valence electrons. The number of nitrogens with zero attached hydrogens (tertiary/aromatic N) is 3. The molecule has 0 atom stereocenters. The first-order chi connectivity index (χ1) is 17.7. The van der Waals surface area contributed by atoms with Crippen LogP contribution in [0.1, 0.15) is 32.6 Å². The van der Waals surface area contributed by atoms with Gasteiger partial charge in [0.25, 0.3) is 5.91 Å². The lowest BCUT2D eigenvalue weighted by atomic mass is 10.1. The van der Waals surface area contributed by atoms with E-state index in [9.17, 15) is 20.0 Å². The molecule has 0 saturated carbocycles. The number of amidine groups is 1. The van der Waals surface area contributed by atoms with Gasteiger partial charge in [0.1, 0.15) is 12.4 Å². The molecule has 7 nitrogen and oxygen atoms in total. The third-order valence-corrected chi connectivity index (χ3v) is 7.82. The Morgan fingerprint density at radius 3 is 2.57 bits per heavy atom. The predicted molar refractivity (Wildman–Crippen MR) is 151 cm³/mol. The molecular weight excluding hydrogens is 622 g/mol. The molecule has 1 heterocycles. The molecule has 3 aromatic carbocycles. The fraction of sp³-hybridized carbons (Fsp3) is 0.111. The maximum atomic E-state index is 12.9. The Morgan fingerprint density at radius 1 is 1.19 bits per heavy atom. The maximum Gasteiger partial charge on any atom is 0.336 e. The van der Waals surface area contributed by atoms with E-state index >= 15 is 0 Å². The molecule has 0 bridgehead atoms. The number of likely N-dealkylation sites (N-methyl/N-ethyl adjacent to an activating group) is 1. The number of halogens is 2. The van der Waals surface area contributed by atoms with Gasteiger partial charge in [-0.05, 0) is 98.1 Å². The highest BCUT2D eigenvalue weighted by Crippen LogP contribution is 2.38. The first-order valence-corrected chi connectivity index (χ1v) is 13.3. The van der Waals surface area contributed by atoms with Crippen molar-refractivity contribution in [1.29, 1.82) is 5.26 Å². The van der Waals surface area contributed by atoms with Crippen LogP contribution in [-0.4, -0.2) is 34.1 Å². The third-order valence-electron chi connectivity index (χ3n) is 5.58. The van der Waals surface area contributed by atoms with Crippen LogP contribution in [0.3, 0.4) is 0 Å². The molecule has 10 heteroatoms. The van der Waals surface area contributed by atoms with Crippen LogP contribution in [0.2, 0.25) is 0 Å². The first kappa shape index (κ1) is 26.7. The van der Waals surface area contributed by atoms with Gasteiger partial charge in [-0.3, -0.25) is 9.69 Å². The van der Waals surface area contributed by atoms with Gasteiger partial charge < -0.3 is 9.84 Å². The van der Waals surface area contributed by atoms with Crippen molar-refractivity contribution in [1.82, 2.24) is 4.90 Å². The number of rotatable bonds is 6. The van der Waals surface area contributed by atoms with Crippen LogP contribution >= 0.6 is 43.6 Å². The van der Waals surface area contributed by atoms with Gasteiger partial charge in [0, 0.05) is 12.6 Å². The summed E-state index contributed by atoms with van der Waals surface area (Å²) in [6, 6.07) is 18.0. The van der Waals surface area contributed by atoms with Gasteiger partial charge >= 0.3 is 5.97 Å². The number of carbonyl (C=O) groups excluding carboxylic acids is 1. The molecule has 0 radical (unpaired) electrons. The van der Waals surface area contributed by atoms with Crippen molar-refractivity contribution in [2.45, 2.75) is 13.5 Å². The summed E-state index contributed by atoms with van der Waals surface area (Å²) in [7, 11) is 1.63. The molecule has 1 aliphatic heterocycles. The minimum absolute atomic E-state index is 0.169. The lowest BCUT2D eigenvalue weighted by Gasteiger charge is -2.12. The molecule has 1 saturated heterocycles. The number of aromatic carboxylic acids is 1. The van der Waals surface area contributed by atoms with Crippen molar-refractivity contribution in [2.24, 2.45) is 4.99 Å². The second-order valence-electron chi connectivity index (χ2n) is 8.00. The van der Waals surface area contributed by atoms with Gasteiger partial charge in [-0.15, -0.1) is 0 Å². The quantitative estimate of drug-likeness (QED) is 0.294. The van der Waals surface area contributed by atoms with Crippen LogP contribution in [0.25, 0.3) is 6.08 Å². The standard InChI is InChI=1S/C27H19Br2N3O4S/c1-15-19(26(34)35)8-5-9-22(15)31-27-32(2)25(33)23(37-27)12-16-10-20(28)24(21(29)11-16)36-14-18-7-4-3-6-17(18)13-30/h3-12H,14H2,1-2H3,(H,34,35)/b23-12-,31-27?. The molecule has 1 N–H and O–H groups in total. The van der Waals surface area contributed by atoms with E-state index in [0.29, 0.717) is 41.6 Å². The van der Waals surface area contributed by atoms with Crippen molar-refractivity contribution < 1.29 is 19.4 Å². The van der Waals surface area contributed by atoms with Crippen LogP contribution in [0.4, 0.5) is 5.69 Å². The van der Waals surface area contributed by atoms with Gasteiger partial charge in [0.15, 0.2) is 5.17 Å². The second-order valence-corrected chi connectivity index (χ2v) is 10.7. The van der Waals surface area contributed by atoms with Crippen molar-refractivity contribution in [2.75, 3.05) is 7.05 Å². The number of carboxylic acid groups (broad SMARTS) is 1. The topological polar surface area (TPSA) is 103 Å². The molecule has 0 unspecified atom stereocenters. The normalized spacial score (nSPS) is 15.3. The average Bonchev–Trinajstić information content (AvgIpc) is 3.12. The summed E-state index contributed by atoms with van der Waals surface area (Å²) >= 11 is 8.30. The van der Waals surface area contributed by atoms with Crippen molar-refractivity contribution in [3.63, 3.8) is 0 Å². The lowest BCUT2D eigenvalue weighted by molar-refractivity contribution is -0.121. The molecule has 1 amide bonds. The van der Waals surface area contributed by atoms with Gasteiger partial charge in [-0.2, -0.15) is 5.26 Å². The Balaban J connectivity index is 1.57.